The van der Waals surface area contributed by atoms with Crippen molar-refractivity contribution < 1.29 is 17.5 Å². The standard InChI is InChI=1S/C27H32N2O3SSe2/c1-6-21(16-26-28(7-2)22-13-18(3)9-10-24(22)34-26)17-27-29(11-8-12-33(30,31)32)23-14-19(4)20(5)15-25(23)35-27/h9-10,13-17H,6-8,11-12H2,1-5H3. The van der Waals surface area contributed by atoms with Crippen molar-refractivity contribution in [2.75, 3.05) is 17.2 Å². The van der Waals surface area contributed by atoms with Gasteiger partial charge in [-0.15, -0.1) is 0 Å². The molecule has 0 bridgehead atoms. The Morgan fingerprint density at radius 2 is 1.86 bits per heavy atom. The average Bonchev–Trinajstić information content (AvgIpc) is 3.29. The van der Waals surface area contributed by atoms with Crippen LogP contribution in [0, 0.1) is 20.8 Å². The van der Waals surface area contributed by atoms with Gasteiger partial charge in [0.05, 0.1) is 0 Å². The Morgan fingerprint density at radius 1 is 1.11 bits per heavy atom. The first-order chi connectivity index (χ1) is 16.6. The zero-order valence-electron chi connectivity index (χ0n) is 20.9. The Labute approximate surface area is 221 Å². The minimum atomic E-state index is -4.22. The molecule has 3 aromatic rings. The normalized spacial score (nSPS) is 15.4. The summed E-state index contributed by atoms with van der Waals surface area (Å²) in [7, 11) is -4.22. The SMILES string of the molecule is CCC(=Cc1[se]c2cc(C)c(C)cc2[n+]1CCCS(=O)(=O)[O-])C=C1[Se]c2ccc(C)cc2N1CC. The van der Waals surface area contributed by atoms with Gasteiger partial charge in [0.15, 0.2) is 0 Å². The summed E-state index contributed by atoms with van der Waals surface area (Å²) in [5, 5.41) is 0. The monoisotopic (exact) mass is 624 g/mol. The molecule has 0 fully saturated rings. The van der Waals surface area contributed by atoms with Gasteiger partial charge in [-0.3, -0.25) is 0 Å². The van der Waals surface area contributed by atoms with Gasteiger partial charge in [-0.25, -0.2) is 0 Å². The third-order valence-corrected chi connectivity index (χ3v) is 11.8. The van der Waals surface area contributed by atoms with Crippen LogP contribution >= 0.6 is 0 Å². The number of allylic oxidation sites excluding steroid dienone is 2. The van der Waals surface area contributed by atoms with Gasteiger partial charge in [0.2, 0.25) is 0 Å². The summed E-state index contributed by atoms with van der Waals surface area (Å²) in [5.41, 5.74) is 7.57. The van der Waals surface area contributed by atoms with Crippen LogP contribution in [0.3, 0.4) is 0 Å². The molecule has 1 aliphatic rings. The summed E-state index contributed by atoms with van der Waals surface area (Å²) in [6.07, 6.45) is 5.92. The van der Waals surface area contributed by atoms with Gasteiger partial charge in [0.1, 0.15) is 0 Å². The van der Waals surface area contributed by atoms with Crippen LogP contribution in [-0.2, 0) is 16.7 Å². The Morgan fingerprint density at radius 3 is 2.54 bits per heavy atom. The van der Waals surface area contributed by atoms with Crippen LogP contribution in [-0.4, -0.2) is 54.7 Å². The number of hydrogen-bond acceptors (Lipinski definition) is 4. The summed E-state index contributed by atoms with van der Waals surface area (Å²) in [6.45, 7) is 12.3. The molecule has 0 radical (unpaired) electrons. The predicted molar refractivity (Wildman–Crippen MR) is 146 cm³/mol. The van der Waals surface area contributed by atoms with Crippen LogP contribution < -0.4 is 13.9 Å². The quantitative estimate of drug-likeness (QED) is 0.219. The molecule has 0 saturated carbocycles. The second-order valence-corrected chi connectivity index (χ2v) is 15.0. The molecular weight excluding hydrogens is 590 g/mol. The molecule has 1 aromatic heterocycles. The van der Waals surface area contributed by atoms with Crippen molar-refractivity contribution in [2.24, 2.45) is 0 Å². The van der Waals surface area contributed by atoms with E-state index in [2.05, 4.69) is 86.6 Å². The third-order valence-electron chi connectivity index (χ3n) is 6.35. The first kappa shape index (κ1) is 26.4. The molecular formula is C27H32N2O3SSe2. The van der Waals surface area contributed by atoms with Crippen molar-refractivity contribution in [3.63, 3.8) is 0 Å². The fourth-order valence-corrected chi connectivity index (χ4v) is 9.88. The predicted octanol–water partition coefficient (Wildman–Crippen LogP) is 3.55. The van der Waals surface area contributed by atoms with Crippen molar-refractivity contribution in [1.82, 2.24) is 0 Å². The van der Waals surface area contributed by atoms with Gasteiger partial charge in [-0.1, -0.05) is 0 Å². The first-order valence-corrected chi connectivity index (χ1v) is 17.0. The van der Waals surface area contributed by atoms with Gasteiger partial charge in [-0.2, -0.15) is 0 Å². The van der Waals surface area contributed by atoms with Gasteiger partial charge in [0.25, 0.3) is 0 Å². The summed E-state index contributed by atoms with van der Waals surface area (Å²) >= 11 is 0.409. The zero-order chi connectivity index (χ0) is 25.3. The molecule has 0 aliphatic carbocycles. The molecule has 1 aliphatic heterocycles. The number of aromatic nitrogens is 1. The van der Waals surface area contributed by atoms with Crippen LogP contribution in [0.4, 0.5) is 5.69 Å². The Kier molecular flexibility index (Phi) is 8.11. The second kappa shape index (κ2) is 10.8. The number of aryl methyl sites for hydroxylation is 4. The number of nitrogens with zero attached hydrogens (tertiary/aromatic N) is 2. The van der Waals surface area contributed by atoms with Crippen LogP contribution in [0.2, 0.25) is 0 Å². The van der Waals surface area contributed by atoms with Crippen LogP contribution in [0.15, 0.2) is 46.6 Å². The Hall–Kier alpha value is -1.66. The molecule has 2 heterocycles. The summed E-state index contributed by atoms with van der Waals surface area (Å²) < 4.78 is 41.3. The number of rotatable bonds is 8. The molecule has 4 rings (SSSR count). The third kappa shape index (κ3) is 6.02. The molecule has 0 atom stereocenters. The first-order valence-electron chi connectivity index (χ1n) is 11.9. The van der Waals surface area contributed by atoms with E-state index in [0.29, 0.717) is 13.0 Å². The number of anilines is 1. The van der Waals surface area contributed by atoms with Crippen molar-refractivity contribution in [3.05, 3.63) is 67.8 Å². The fourth-order valence-electron chi connectivity index (χ4n) is 4.30. The van der Waals surface area contributed by atoms with E-state index < -0.39 is 10.1 Å². The van der Waals surface area contributed by atoms with Crippen molar-refractivity contribution in [2.45, 2.75) is 54.0 Å². The van der Waals surface area contributed by atoms with E-state index in [-0.39, 0.29) is 35.2 Å². The van der Waals surface area contributed by atoms with E-state index in [9.17, 15) is 13.0 Å². The Bertz CT molecular complexity index is 1440. The van der Waals surface area contributed by atoms with Crippen molar-refractivity contribution in [3.8, 4) is 0 Å². The van der Waals surface area contributed by atoms with Crippen LogP contribution in [0.5, 0.6) is 0 Å². The molecule has 0 unspecified atom stereocenters. The molecule has 0 spiro atoms. The van der Waals surface area contributed by atoms with Gasteiger partial charge in [-0.05, 0) is 0 Å². The van der Waals surface area contributed by atoms with E-state index in [1.54, 1.807) is 0 Å². The number of fused-ring (bicyclic) bond motifs is 2. The fraction of sp³-hybridized carbons (Fsp3) is 0.370. The maximum atomic E-state index is 11.2. The van der Waals surface area contributed by atoms with Crippen LogP contribution in [0.1, 0.15) is 47.9 Å². The minimum absolute atomic E-state index is 0.133. The molecule has 0 amide bonds. The summed E-state index contributed by atoms with van der Waals surface area (Å²) in [4.78, 5) is 2.44. The molecule has 2 aromatic carbocycles. The molecule has 186 valence electrons. The van der Waals surface area contributed by atoms with Crippen LogP contribution in [0.25, 0.3) is 15.9 Å². The van der Waals surface area contributed by atoms with Crippen molar-refractivity contribution in [1.29, 1.82) is 0 Å². The summed E-state index contributed by atoms with van der Waals surface area (Å²) in [5.74, 6) is -0.329. The average molecular weight is 623 g/mol. The van der Waals surface area contributed by atoms with E-state index in [1.165, 1.54) is 45.8 Å². The zero-order valence-corrected chi connectivity index (χ0v) is 25.2. The van der Waals surface area contributed by atoms with Gasteiger partial charge >= 0.3 is 222 Å². The topological polar surface area (TPSA) is 64.3 Å². The molecule has 5 nitrogen and oxygen atoms in total. The molecule has 0 N–H and O–H groups in total. The van der Waals surface area contributed by atoms with Crippen molar-refractivity contribution >= 4 is 65.6 Å². The maximum absolute atomic E-state index is 11.2. The number of benzene rings is 2. The van der Waals surface area contributed by atoms with Gasteiger partial charge < -0.3 is 0 Å². The number of hydrogen-bond donors (Lipinski definition) is 0. The Balaban J connectivity index is 1.75. The van der Waals surface area contributed by atoms with E-state index in [0.717, 1.165) is 18.5 Å². The van der Waals surface area contributed by atoms with E-state index in [4.69, 9.17) is 0 Å². The molecule has 0 saturated heterocycles. The van der Waals surface area contributed by atoms with E-state index in [1.807, 2.05) is 0 Å². The van der Waals surface area contributed by atoms with E-state index >= 15 is 0 Å². The molecule has 35 heavy (non-hydrogen) atoms. The van der Waals surface area contributed by atoms with Gasteiger partial charge in [0, 0.05) is 0 Å². The second-order valence-electron chi connectivity index (χ2n) is 8.98. The molecule has 8 heteroatoms. The summed E-state index contributed by atoms with van der Waals surface area (Å²) in [6, 6.07) is 11.2.